The van der Waals surface area contributed by atoms with Crippen molar-refractivity contribution in [3.05, 3.63) is 0 Å². The topological polar surface area (TPSA) is 69.7 Å². The van der Waals surface area contributed by atoms with Gasteiger partial charge in [-0.15, -0.1) is 0 Å². The number of Topliss-reactive ketones (excluding diaryl/α,β-unsaturated/α-hetero) is 1. The molecule has 0 radical (unpaired) electrons. The Hall–Kier alpha value is -1.39. The number of fused-ring (bicyclic) bond motifs is 5. The summed E-state index contributed by atoms with van der Waals surface area (Å²) in [5.74, 6) is 1.82. The van der Waals surface area contributed by atoms with Gasteiger partial charge in [-0.2, -0.15) is 0 Å². The highest BCUT2D eigenvalue weighted by Crippen LogP contribution is 2.67. The second-order valence-electron chi connectivity index (χ2n) is 11.2. The molecule has 30 heavy (non-hydrogen) atoms. The summed E-state index contributed by atoms with van der Waals surface area (Å²) in [5, 5.41) is 0. The van der Waals surface area contributed by atoms with Crippen LogP contribution in [0.5, 0.6) is 0 Å². The first-order valence-corrected chi connectivity index (χ1v) is 11.9. The summed E-state index contributed by atoms with van der Waals surface area (Å²) >= 11 is 0. The van der Waals surface area contributed by atoms with Crippen molar-refractivity contribution in [3.63, 3.8) is 0 Å². The van der Waals surface area contributed by atoms with Gasteiger partial charge in [-0.1, -0.05) is 13.8 Å². The van der Waals surface area contributed by atoms with Crippen LogP contribution in [0.2, 0.25) is 0 Å². The molecule has 4 aliphatic rings. The number of ether oxygens (including phenoxy) is 2. The molecule has 0 aliphatic heterocycles. The van der Waals surface area contributed by atoms with E-state index in [1.807, 2.05) is 6.92 Å². The lowest BCUT2D eigenvalue weighted by molar-refractivity contribution is -0.215. The van der Waals surface area contributed by atoms with E-state index >= 15 is 0 Å². The Morgan fingerprint density at radius 3 is 2.30 bits per heavy atom. The van der Waals surface area contributed by atoms with Crippen LogP contribution in [0.15, 0.2) is 0 Å². The van der Waals surface area contributed by atoms with Crippen molar-refractivity contribution in [2.75, 3.05) is 0 Å². The van der Waals surface area contributed by atoms with Crippen molar-refractivity contribution in [2.45, 2.75) is 104 Å². The molecule has 0 aromatic carbocycles. The SMILES string of the molecule is CC(=O)O[C@H]1CC[C@]2(C)[C@@H](CC[C@H]3[C@H]4CCC(=O)[C@@](C)(OC(C)=O)[C@]4(C)CC[C@@H]32)C1. The molecule has 8 atom stereocenters. The van der Waals surface area contributed by atoms with Gasteiger partial charge < -0.3 is 9.47 Å². The molecule has 0 aromatic rings. The predicted molar refractivity (Wildman–Crippen MR) is 112 cm³/mol. The molecule has 168 valence electrons. The van der Waals surface area contributed by atoms with Gasteiger partial charge in [0, 0.05) is 25.7 Å². The molecule has 5 nitrogen and oxygen atoms in total. The molecule has 0 aromatic heterocycles. The minimum absolute atomic E-state index is 0.0746. The van der Waals surface area contributed by atoms with E-state index in [0.29, 0.717) is 30.1 Å². The van der Waals surface area contributed by atoms with E-state index in [0.717, 1.165) is 38.5 Å². The smallest absolute Gasteiger partial charge is 0.303 e. The third-order valence-electron chi connectivity index (χ3n) is 9.99. The van der Waals surface area contributed by atoms with Gasteiger partial charge in [-0.05, 0) is 87.4 Å². The molecule has 0 heterocycles. The van der Waals surface area contributed by atoms with Crippen molar-refractivity contribution in [3.8, 4) is 0 Å². The molecule has 0 bridgehead atoms. The molecule has 0 N–H and O–H groups in total. The normalized spacial score (nSPS) is 48.0. The number of rotatable bonds is 2. The first-order chi connectivity index (χ1) is 14.0. The van der Waals surface area contributed by atoms with E-state index < -0.39 is 5.60 Å². The molecule has 0 spiro atoms. The third kappa shape index (κ3) is 3.14. The Labute approximate surface area is 180 Å². The molecule has 4 rings (SSSR count). The lowest BCUT2D eigenvalue weighted by atomic mass is 9.41. The minimum Gasteiger partial charge on any atom is -0.463 e. The van der Waals surface area contributed by atoms with Gasteiger partial charge in [0.15, 0.2) is 11.4 Å². The van der Waals surface area contributed by atoms with Crippen LogP contribution in [0.3, 0.4) is 0 Å². The van der Waals surface area contributed by atoms with Gasteiger partial charge in [-0.25, -0.2) is 0 Å². The van der Waals surface area contributed by atoms with Crippen LogP contribution >= 0.6 is 0 Å². The lowest BCUT2D eigenvalue weighted by Crippen LogP contribution is -2.65. The van der Waals surface area contributed by atoms with Gasteiger partial charge in [0.25, 0.3) is 0 Å². The zero-order valence-electron chi connectivity index (χ0n) is 19.3. The Morgan fingerprint density at radius 2 is 1.63 bits per heavy atom. The zero-order valence-corrected chi connectivity index (χ0v) is 19.3. The van der Waals surface area contributed by atoms with Crippen LogP contribution in [0.1, 0.15) is 92.4 Å². The molecule has 0 amide bonds. The van der Waals surface area contributed by atoms with Crippen LogP contribution in [-0.2, 0) is 23.9 Å². The summed E-state index contributed by atoms with van der Waals surface area (Å²) in [6.45, 7) is 9.49. The van der Waals surface area contributed by atoms with Gasteiger partial charge in [0.2, 0.25) is 0 Å². The number of carbonyl (C=O) groups excluding carboxylic acids is 3. The van der Waals surface area contributed by atoms with Crippen molar-refractivity contribution < 1.29 is 23.9 Å². The summed E-state index contributed by atoms with van der Waals surface area (Å²) in [7, 11) is 0. The Balaban J connectivity index is 1.59. The van der Waals surface area contributed by atoms with Crippen LogP contribution < -0.4 is 0 Å². The maximum Gasteiger partial charge on any atom is 0.303 e. The van der Waals surface area contributed by atoms with Gasteiger partial charge >= 0.3 is 11.9 Å². The average Bonchev–Trinajstić information content (AvgIpc) is 2.65. The summed E-state index contributed by atoms with van der Waals surface area (Å²) in [4.78, 5) is 36.3. The largest absolute Gasteiger partial charge is 0.463 e. The molecule has 5 heteroatoms. The Bertz CT molecular complexity index is 746. The predicted octanol–water partition coefficient (Wildman–Crippen LogP) is 4.85. The van der Waals surface area contributed by atoms with E-state index in [-0.39, 0.29) is 34.7 Å². The van der Waals surface area contributed by atoms with Crippen LogP contribution in [0.25, 0.3) is 0 Å². The van der Waals surface area contributed by atoms with E-state index in [2.05, 4.69) is 13.8 Å². The molecule has 0 unspecified atom stereocenters. The van der Waals surface area contributed by atoms with E-state index in [1.165, 1.54) is 26.7 Å². The highest BCUT2D eigenvalue weighted by atomic mass is 16.6. The van der Waals surface area contributed by atoms with Crippen molar-refractivity contribution in [1.82, 2.24) is 0 Å². The number of hydrogen-bond donors (Lipinski definition) is 0. The van der Waals surface area contributed by atoms with Crippen molar-refractivity contribution in [1.29, 1.82) is 0 Å². The van der Waals surface area contributed by atoms with Crippen LogP contribution in [0.4, 0.5) is 0 Å². The maximum absolute atomic E-state index is 13.0. The first-order valence-electron chi connectivity index (χ1n) is 11.9. The highest BCUT2D eigenvalue weighted by Gasteiger charge is 2.65. The van der Waals surface area contributed by atoms with Gasteiger partial charge in [-0.3, -0.25) is 14.4 Å². The van der Waals surface area contributed by atoms with Gasteiger partial charge in [0.05, 0.1) is 0 Å². The standard InChI is InChI=1S/C25H38O5/c1-15(26)29-18-10-12-23(3)17(14-18)6-7-19-20(23)11-13-24(4)21(19)8-9-22(28)25(24,5)30-16(2)27/h17-21H,6-14H2,1-5H3/t17-,18-,19+,20-,21+,23+,24+,25+/m0/s1. The fourth-order valence-corrected chi connectivity index (χ4v) is 8.31. The van der Waals surface area contributed by atoms with E-state index in [1.54, 1.807) is 0 Å². The summed E-state index contributed by atoms with van der Waals surface area (Å²) in [6, 6.07) is 0. The highest BCUT2D eigenvalue weighted by molar-refractivity contribution is 5.91. The van der Waals surface area contributed by atoms with Crippen LogP contribution in [0, 0.1) is 34.5 Å². The summed E-state index contributed by atoms with van der Waals surface area (Å²) in [6.07, 6.45) is 8.93. The minimum atomic E-state index is -1.00. The zero-order chi connectivity index (χ0) is 21.9. The number of esters is 2. The molecular weight excluding hydrogens is 380 g/mol. The summed E-state index contributed by atoms with van der Waals surface area (Å²) < 4.78 is 11.4. The number of ketones is 1. The number of carbonyl (C=O) groups is 3. The molecule has 0 saturated heterocycles. The third-order valence-corrected chi connectivity index (χ3v) is 9.99. The molecule has 4 saturated carbocycles. The quantitative estimate of drug-likeness (QED) is 0.600. The molecular formula is C25H38O5. The maximum atomic E-state index is 13.0. The van der Waals surface area contributed by atoms with E-state index in [4.69, 9.17) is 9.47 Å². The van der Waals surface area contributed by atoms with Gasteiger partial charge in [0.1, 0.15) is 6.10 Å². The summed E-state index contributed by atoms with van der Waals surface area (Å²) in [5.41, 5.74) is -1.01. The van der Waals surface area contributed by atoms with Crippen LogP contribution in [-0.4, -0.2) is 29.4 Å². The fraction of sp³-hybridized carbons (Fsp3) is 0.880. The number of hydrogen-bond acceptors (Lipinski definition) is 5. The monoisotopic (exact) mass is 418 g/mol. The fourth-order valence-electron chi connectivity index (χ4n) is 8.31. The Kier molecular flexibility index (Phi) is 5.34. The molecule has 4 fully saturated rings. The lowest BCUT2D eigenvalue weighted by Gasteiger charge is -2.65. The van der Waals surface area contributed by atoms with E-state index in [9.17, 15) is 14.4 Å². The van der Waals surface area contributed by atoms with Crippen molar-refractivity contribution in [2.24, 2.45) is 34.5 Å². The molecule has 4 aliphatic carbocycles. The first kappa shape index (κ1) is 21.8. The van der Waals surface area contributed by atoms with Crippen molar-refractivity contribution >= 4 is 17.7 Å². The average molecular weight is 419 g/mol. The second kappa shape index (κ2) is 7.34. The second-order valence-corrected chi connectivity index (χ2v) is 11.2. The Morgan fingerprint density at radius 1 is 0.900 bits per heavy atom.